The van der Waals surface area contributed by atoms with Gasteiger partial charge in [-0.15, -0.1) is 0 Å². The van der Waals surface area contributed by atoms with Gasteiger partial charge in [0.15, 0.2) is 0 Å². The van der Waals surface area contributed by atoms with Crippen molar-refractivity contribution < 1.29 is 22.7 Å². The van der Waals surface area contributed by atoms with Crippen molar-refractivity contribution in [3.8, 4) is 0 Å². The van der Waals surface area contributed by atoms with Crippen molar-refractivity contribution in [1.82, 2.24) is 19.4 Å². The van der Waals surface area contributed by atoms with E-state index in [-0.39, 0.29) is 24.1 Å². The number of benzene rings is 2. The monoisotopic (exact) mass is 560 g/mol. The van der Waals surface area contributed by atoms with E-state index in [0.29, 0.717) is 61.0 Å². The maximum atomic E-state index is 13.3. The van der Waals surface area contributed by atoms with E-state index in [1.165, 1.54) is 4.31 Å². The van der Waals surface area contributed by atoms with Crippen molar-refractivity contribution >= 4 is 33.6 Å². The maximum Gasteiger partial charge on any atom is 0.338 e. The van der Waals surface area contributed by atoms with Crippen LogP contribution in [0.2, 0.25) is 5.02 Å². The van der Waals surface area contributed by atoms with Crippen LogP contribution in [0.3, 0.4) is 0 Å². The number of rotatable bonds is 8. The summed E-state index contributed by atoms with van der Waals surface area (Å²) in [5.74, 6) is -0.519. The van der Waals surface area contributed by atoms with Crippen molar-refractivity contribution in [3.05, 3.63) is 76.5 Å². The van der Waals surface area contributed by atoms with Crippen LogP contribution >= 0.6 is 11.6 Å². The summed E-state index contributed by atoms with van der Waals surface area (Å²) in [6.45, 7) is 6.13. The van der Waals surface area contributed by atoms with E-state index in [1.54, 1.807) is 66.4 Å². The third-order valence-electron chi connectivity index (χ3n) is 6.77. The minimum Gasteiger partial charge on any atom is -0.463 e. The Balaban J connectivity index is 1.66. The third-order valence-corrected chi connectivity index (χ3v) is 9.03. The van der Waals surface area contributed by atoms with Gasteiger partial charge in [-0.25, -0.2) is 18.0 Å². The molecule has 1 atom stereocenters. The van der Waals surface area contributed by atoms with Crippen molar-refractivity contribution in [1.29, 1.82) is 0 Å². The van der Waals surface area contributed by atoms with E-state index in [2.05, 4.69) is 10.2 Å². The summed E-state index contributed by atoms with van der Waals surface area (Å²) in [6.07, 6.45) is 0.611. The van der Waals surface area contributed by atoms with Crippen LogP contribution in [-0.2, 0) is 19.6 Å². The fourth-order valence-electron chi connectivity index (χ4n) is 4.90. The molecule has 11 heteroatoms. The van der Waals surface area contributed by atoms with Gasteiger partial charge in [-0.2, -0.15) is 4.31 Å². The van der Waals surface area contributed by atoms with Crippen molar-refractivity contribution in [3.63, 3.8) is 0 Å². The molecule has 2 aromatic carbocycles. The highest BCUT2D eigenvalue weighted by atomic mass is 35.5. The fraction of sp³-hybridized carbons (Fsp3) is 0.407. The SMILES string of the molecule is CCOC(=O)C1=C(CN2CCCN(S(=O)(=O)c3ccccc3)CC2)N(CC)C(=O)NC1c1ccccc1Cl. The van der Waals surface area contributed by atoms with E-state index < -0.39 is 22.0 Å². The predicted octanol–water partition coefficient (Wildman–Crippen LogP) is 3.64. The van der Waals surface area contributed by atoms with E-state index in [0.717, 1.165) is 0 Å². The Morgan fingerprint density at radius 1 is 1.03 bits per heavy atom. The molecule has 0 aliphatic carbocycles. The van der Waals surface area contributed by atoms with Crippen LogP contribution in [0.5, 0.6) is 0 Å². The van der Waals surface area contributed by atoms with E-state index in [9.17, 15) is 18.0 Å². The van der Waals surface area contributed by atoms with Crippen LogP contribution in [-0.4, -0.2) is 80.4 Å². The number of urea groups is 1. The Bertz CT molecular complexity index is 1300. The molecule has 204 valence electrons. The van der Waals surface area contributed by atoms with Crippen LogP contribution in [0.4, 0.5) is 4.79 Å². The van der Waals surface area contributed by atoms with E-state index in [1.807, 2.05) is 6.92 Å². The molecule has 2 aliphatic rings. The van der Waals surface area contributed by atoms with Gasteiger partial charge in [0.25, 0.3) is 0 Å². The number of amides is 2. The molecule has 2 aliphatic heterocycles. The molecule has 2 heterocycles. The molecule has 2 amide bonds. The third kappa shape index (κ3) is 5.88. The molecular weight excluding hydrogens is 528 g/mol. The zero-order valence-electron chi connectivity index (χ0n) is 21.6. The second kappa shape index (κ2) is 12.3. The Hall–Kier alpha value is -2.92. The summed E-state index contributed by atoms with van der Waals surface area (Å²) in [4.78, 5) is 30.4. The highest BCUT2D eigenvalue weighted by Crippen LogP contribution is 2.35. The molecule has 9 nitrogen and oxygen atoms in total. The number of hydrogen-bond acceptors (Lipinski definition) is 6. The molecule has 38 heavy (non-hydrogen) atoms. The van der Waals surface area contributed by atoms with Gasteiger partial charge in [-0.05, 0) is 50.6 Å². The number of carbonyl (C=O) groups excluding carboxylic acids is 2. The van der Waals surface area contributed by atoms with E-state index >= 15 is 0 Å². The first-order valence-corrected chi connectivity index (χ1v) is 14.6. The number of likely N-dealkylation sites (N-methyl/N-ethyl adjacent to an activating group) is 1. The topological polar surface area (TPSA) is 99.3 Å². The normalized spacial score (nSPS) is 19.7. The lowest BCUT2D eigenvalue weighted by molar-refractivity contribution is -0.139. The molecule has 0 aromatic heterocycles. The molecule has 1 N–H and O–H groups in total. The van der Waals surface area contributed by atoms with Gasteiger partial charge in [0, 0.05) is 43.4 Å². The number of nitrogens with one attached hydrogen (secondary N) is 1. The fourth-order valence-corrected chi connectivity index (χ4v) is 6.63. The van der Waals surface area contributed by atoms with Gasteiger partial charge in [0.2, 0.25) is 10.0 Å². The molecular formula is C27H33ClN4O5S. The second-order valence-corrected chi connectivity index (χ2v) is 11.4. The molecule has 0 bridgehead atoms. The Morgan fingerprint density at radius 2 is 1.74 bits per heavy atom. The minimum atomic E-state index is -3.62. The molecule has 2 aromatic rings. The zero-order valence-corrected chi connectivity index (χ0v) is 23.2. The lowest BCUT2D eigenvalue weighted by atomic mass is 9.94. The van der Waals surface area contributed by atoms with Crippen LogP contribution < -0.4 is 5.32 Å². The highest BCUT2D eigenvalue weighted by Gasteiger charge is 2.39. The first kappa shape index (κ1) is 28.1. The smallest absolute Gasteiger partial charge is 0.338 e. The van der Waals surface area contributed by atoms with E-state index in [4.69, 9.17) is 16.3 Å². The molecule has 0 radical (unpaired) electrons. The summed E-state index contributed by atoms with van der Waals surface area (Å²) < 4.78 is 33.3. The number of nitrogens with zero attached hydrogens (tertiary/aromatic N) is 3. The maximum absolute atomic E-state index is 13.3. The number of esters is 1. The summed E-state index contributed by atoms with van der Waals surface area (Å²) in [5.41, 5.74) is 1.48. The lowest BCUT2D eigenvalue weighted by Gasteiger charge is -2.38. The molecule has 1 unspecified atom stereocenters. The number of hydrogen-bond donors (Lipinski definition) is 1. The molecule has 0 spiro atoms. The number of halogens is 1. The number of carbonyl (C=O) groups is 2. The Labute approximate surface area is 229 Å². The molecule has 4 rings (SSSR count). The number of sulfonamides is 1. The first-order chi connectivity index (χ1) is 18.3. The van der Waals surface area contributed by atoms with Crippen LogP contribution in [0.1, 0.15) is 31.9 Å². The average Bonchev–Trinajstić information content (AvgIpc) is 3.15. The number of ether oxygens (including phenoxy) is 1. The van der Waals surface area contributed by atoms with Gasteiger partial charge < -0.3 is 10.1 Å². The van der Waals surface area contributed by atoms with Gasteiger partial charge in [0.05, 0.1) is 23.1 Å². The quantitative estimate of drug-likeness (QED) is 0.495. The summed E-state index contributed by atoms with van der Waals surface area (Å²) in [6, 6.07) is 14.4. The lowest BCUT2D eigenvalue weighted by Crippen LogP contribution is -2.51. The Kier molecular flexibility index (Phi) is 9.09. The summed E-state index contributed by atoms with van der Waals surface area (Å²) >= 11 is 6.48. The molecule has 1 fully saturated rings. The average molecular weight is 561 g/mol. The second-order valence-electron chi connectivity index (χ2n) is 9.08. The summed E-state index contributed by atoms with van der Waals surface area (Å²) in [5, 5.41) is 3.36. The minimum absolute atomic E-state index is 0.181. The van der Waals surface area contributed by atoms with Crippen molar-refractivity contribution in [2.45, 2.75) is 31.2 Å². The van der Waals surface area contributed by atoms with Crippen LogP contribution in [0, 0.1) is 0 Å². The van der Waals surface area contributed by atoms with Crippen molar-refractivity contribution in [2.75, 3.05) is 45.9 Å². The predicted molar refractivity (Wildman–Crippen MR) is 145 cm³/mol. The standard InChI is InChI=1S/C27H33ClN4O5S/c1-3-32-23(19-30-15-10-16-31(18-17-30)38(35,36)20-11-6-5-7-12-20)24(26(33)37-4-2)25(29-27(32)34)21-13-8-9-14-22(21)28/h5-9,11-14,25H,3-4,10,15-19H2,1-2H3,(H,29,34). The first-order valence-electron chi connectivity index (χ1n) is 12.8. The Morgan fingerprint density at radius 3 is 2.42 bits per heavy atom. The van der Waals surface area contributed by atoms with Gasteiger partial charge in [-0.3, -0.25) is 9.80 Å². The van der Waals surface area contributed by atoms with Crippen LogP contribution in [0.25, 0.3) is 0 Å². The van der Waals surface area contributed by atoms with Gasteiger partial charge >= 0.3 is 12.0 Å². The van der Waals surface area contributed by atoms with Crippen molar-refractivity contribution in [2.24, 2.45) is 0 Å². The van der Waals surface area contributed by atoms with Crippen LogP contribution in [0.15, 0.2) is 70.8 Å². The zero-order chi connectivity index (χ0) is 27.3. The largest absolute Gasteiger partial charge is 0.463 e. The van der Waals surface area contributed by atoms with Gasteiger partial charge in [-0.1, -0.05) is 48.0 Å². The molecule has 0 saturated carbocycles. The summed E-state index contributed by atoms with van der Waals surface area (Å²) in [7, 11) is -3.62. The van der Waals surface area contributed by atoms with Gasteiger partial charge in [0.1, 0.15) is 0 Å². The molecule has 1 saturated heterocycles. The highest BCUT2D eigenvalue weighted by molar-refractivity contribution is 7.89.